The van der Waals surface area contributed by atoms with Crippen molar-refractivity contribution in [3.63, 3.8) is 0 Å². The van der Waals surface area contributed by atoms with Crippen molar-refractivity contribution in [2.75, 3.05) is 18.2 Å². The minimum absolute atomic E-state index is 0.148. The lowest BCUT2D eigenvalue weighted by atomic mass is 9.78. The first-order valence-corrected chi connectivity index (χ1v) is 14.0. The molecule has 0 radical (unpaired) electrons. The fourth-order valence-electron chi connectivity index (χ4n) is 5.72. The lowest BCUT2D eigenvalue weighted by Gasteiger charge is -2.28. The van der Waals surface area contributed by atoms with Gasteiger partial charge in [0.1, 0.15) is 17.4 Å². The Morgan fingerprint density at radius 1 is 1.17 bits per heavy atom. The number of methoxy groups -OCH3 is 1. The first-order valence-electron chi connectivity index (χ1n) is 12.4. The van der Waals surface area contributed by atoms with Gasteiger partial charge in [-0.05, 0) is 80.7 Å². The number of aryl methyl sites for hydroxylation is 1. The number of aromatic nitrogens is 2. The van der Waals surface area contributed by atoms with Crippen molar-refractivity contribution < 1.29 is 23.1 Å². The number of fused-ring (bicyclic) bond motifs is 2. The monoisotopic (exact) mass is 509 g/mol. The first-order chi connectivity index (χ1) is 17.2. The highest BCUT2D eigenvalue weighted by Crippen LogP contribution is 2.42. The van der Waals surface area contributed by atoms with E-state index >= 15 is 0 Å². The van der Waals surface area contributed by atoms with E-state index in [2.05, 4.69) is 16.4 Å². The van der Waals surface area contributed by atoms with E-state index in [9.17, 15) is 18.3 Å². The van der Waals surface area contributed by atoms with E-state index < -0.39 is 15.8 Å². The molecule has 2 aromatic carbocycles. The normalized spacial score (nSPS) is 21.6. The van der Waals surface area contributed by atoms with E-state index in [1.165, 1.54) is 0 Å². The van der Waals surface area contributed by atoms with Gasteiger partial charge in [0.25, 0.3) is 0 Å². The standard InChI is InChI=1S/C27H31N3O5S/c1-15(19-5-4-6-25-20(19)11-12-36(25,33)34)28-26-22-13-21(17-7-9-18(10-8-17)27(31)32)24(35-3)14-23(22)29-16(2)30-26/h4-6,13-15,17-18H,7-12H2,1-3H3,(H,31,32)(H,28,29,30)/t15-,17?,18?/m1/s1. The van der Waals surface area contributed by atoms with E-state index in [-0.39, 0.29) is 23.6 Å². The summed E-state index contributed by atoms with van der Waals surface area (Å²) in [7, 11) is -1.57. The summed E-state index contributed by atoms with van der Waals surface area (Å²) in [5, 5.41) is 13.8. The molecule has 1 aromatic heterocycles. The van der Waals surface area contributed by atoms with Crippen LogP contribution in [0.4, 0.5) is 5.82 Å². The molecular formula is C27H31N3O5S. The molecule has 0 spiro atoms. The fraction of sp³-hybridized carbons (Fsp3) is 0.444. The van der Waals surface area contributed by atoms with Crippen LogP contribution in [0.25, 0.3) is 10.9 Å². The van der Waals surface area contributed by atoms with Gasteiger partial charge in [0, 0.05) is 11.5 Å². The van der Waals surface area contributed by atoms with Crippen LogP contribution in [0.3, 0.4) is 0 Å². The SMILES string of the molecule is COc1cc2nc(C)nc(N[C@H](C)c3cccc4c3CCS4(=O)=O)c2cc1C1CCC(C(=O)O)CC1. The van der Waals surface area contributed by atoms with Gasteiger partial charge in [0.05, 0.1) is 35.2 Å². The van der Waals surface area contributed by atoms with Gasteiger partial charge in [0.2, 0.25) is 0 Å². The van der Waals surface area contributed by atoms with Gasteiger partial charge in [-0.3, -0.25) is 4.79 Å². The van der Waals surface area contributed by atoms with Gasteiger partial charge in [-0.15, -0.1) is 0 Å². The number of nitrogens with zero attached hydrogens (tertiary/aromatic N) is 2. The molecule has 1 aliphatic heterocycles. The quantitative estimate of drug-likeness (QED) is 0.486. The summed E-state index contributed by atoms with van der Waals surface area (Å²) in [6, 6.07) is 9.31. The van der Waals surface area contributed by atoms with Gasteiger partial charge in [0.15, 0.2) is 9.84 Å². The summed E-state index contributed by atoms with van der Waals surface area (Å²) in [6.45, 7) is 3.86. The van der Waals surface area contributed by atoms with E-state index in [0.29, 0.717) is 35.8 Å². The largest absolute Gasteiger partial charge is 0.496 e. The number of benzene rings is 2. The number of carboxylic acid groups (broad SMARTS) is 1. The zero-order valence-corrected chi connectivity index (χ0v) is 21.6. The summed E-state index contributed by atoms with van der Waals surface area (Å²) in [4.78, 5) is 21.2. The Morgan fingerprint density at radius 3 is 2.61 bits per heavy atom. The van der Waals surface area contributed by atoms with Crippen molar-refractivity contribution in [1.29, 1.82) is 0 Å². The number of ether oxygens (including phenoxy) is 1. The number of carbonyl (C=O) groups is 1. The molecule has 0 unspecified atom stereocenters. The Hall–Kier alpha value is -3.20. The van der Waals surface area contributed by atoms with Crippen LogP contribution in [0.15, 0.2) is 35.2 Å². The Balaban J connectivity index is 1.52. The van der Waals surface area contributed by atoms with Crippen LogP contribution in [0, 0.1) is 12.8 Å². The van der Waals surface area contributed by atoms with E-state index in [4.69, 9.17) is 9.72 Å². The van der Waals surface area contributed by atoms with Gasteiger partial charge in [-0.2, -0.15) is 0 Å². The first kappa shape index (κ1) is 24.5. The van der Waals surface area contributed by atoms with Crippen molar-refractivity contribution >= 4 is 32.5 Å². The molecule has 1 fully saturated rings. The molecular weight excluding hydrogens is 478 g/mol. The third kappa shape index (κ3) is 4.40. The Kier molecular flexibility index (Phi) is 6.36. The maximum absolute atomic E-state index is 12.4. The highest BCUT2D eigenvalue weighted by molar-refractivity contribution is 7.91. The maximum atomic E-state index is 12.4. The number of sulfone groups is 1. The third-order valence-corrected chi connectivity index (χ3v) is 9.41. The molecule has 9 heteroatoms. The second-order valence-electron chi connectivity index (χ2n) is 9.88. The Bertz CT molecular complexity index is 1450. The molecule has 8 nitrogen and oxygen atoms in total. The lowest BCUT2D eigenvalue weighted by molar-refractivity contribution is -0.142. The molecule has 2 N–H and O–H groups in total. The number of hydrogen-bond acceptors (Lipinski definition) is 7. The highest BCUT2D eigenvalue weighted by atomic mass is 32.2. The molecule has 1 atom stereocenters. The molecule has 1 aliphatic carbocycles. The second-order valence-corrected chi connectivity index (χ2v) is 12.0. The number of hydrogen-bond donors (Lipinski definition) is 2. The van der Waals surface area contributed by atoms with Gasteiger partial charge >= 0.3 is 5.97 Å². The van der Waals surface area contributed by atoms with Crippen LogP contribution in [0.2, 0.25) is 0 Å². The number of carboxylic acids is 1. The minimum atomic E-state index is -3.22. The van der Waals surface area contributed by atoms with Crippen LogP contribution >= 0.6 is 0 Å². The lowest BCUT2D eigenvalue weighted by Crippen LogP contribution is -2.20. The average molecular weight is 510 g/mol. The highest BCUT2D eigenvalue weighted by Gasteiger charge is 2.31. The molecule has 2 aliphatic rings. The number of rotatable bonds is 6. The average Bonchev–Trinajstić information content (AvgIpc) is 3.17. The third-order valence-electron chi connectivity index (χ3n) is 7.62. The summed E-state index contributed by atoms with van der Waals surface area (Å²) < 4.78 is 30.6. The molecule has 0 amide bonds. The van der Waals surface area contributed by atoms with Crippen molar-refractivity contribution in [2.24, 2.45) is 5.92 Å². The molecule has 3 aromatic rings. The van der Waals surface area contributed by atoms with Gasteiger partial charge < -0.3 is 15.2 Å². The topological polar surface area (TPSA) is 118 Å². The molecule has 5 rings (SSSR count). The van der Waals surface area contributed by atoms with E-state index in [1.807, 2.05) is 26.0 Å². The number of anilines is 1. The predicted molar refractivity (Wildman–Crippen MR) is 137 cm³/mol. The molecule has 2 heterocycles. The molecule has 190 valence electrons. The van der Waals surface area contributed by atoms with Crippen LogP contribution in [-0.2, 0) is 21.1 Å². The molecule has 0 bridgehead atoms. The summed E-state index contributed by atoms with van der Waals surface area (Å²) in [5.41, 5.74) is 3.64. The van der Waals surface area contributed by atoms with Crippen molar-refractivity contribution in [2.45, 2.75) is 62.8 Å². The fourth-order valence-corrected chi connectivity index (χ4v) is 7.30. The van der Waals surface area contributed by atoms with Crippen molar-refractivity contribution in [1.82, 2.24) is 9.97 Å². The van der Waals surface area contributed by atoms with Crippen LogP contribution in [0.1, 0.15) is 67.1 Å². The minimum Gasteiger partial charge on any atom is -0.496 e. The molecule has 36 heavy (non-hydrogen) atoms. The van der Waals surface area contributed by atoms with Crippen molar-refractivity contribution in [3.05, 3.63) is 52.8 Å². The molecule has 0 saturated heterocycles. The van der Waals surface area contributed by atoms with Crippen LogP contribution < -0.4 is 10.1 Å². The predicted octanol–water partition coefficient (Wildman–Crippen LogP) is 4.81. The number of aliphatic carboxylic acids is 1. The Labute approximate surface area is 211 Å². The summed E-state index contributed by atoms with van der Waals surface area (Å²) in [6.07, 6.45) is 3.39. The smallest absolute Gasteiger partial charge is 0.306 e. The zero-order valence-electron chi connectivity index (χ0n) is 20.7. The zero-order chi connectivity index (χ0) is 25.6. The van der Waals surface area contributed by atoms with Gasteiger partial charge in [-0.25, -0.2) is 18.4 Å². The van der Waals surface area contributed by atoms with E-state index in [0.717, 1.165) is 46.2 Å². The van der Waals surface area contributed by atoms with Crippen LogP contribution in [-0.4, -0.2) is 42.3 Å². The maximum Gasteiger partial charge on any atom is 0.306 e. The van der Waals surface area contributed by atoms with Crippen LogP contribution in [0.5, 0.6) is 5.75 Å². The number of nitrogens with one attached hydrogen (secondary N) is 1. The Morgan fingerprint density at radius 2 is 1.92 bits per heavy atom. The summed E-state index contributed by atoms with van der Waals surface area (Å²) in [5.74, 6) is 1.41. The summed E-state index contributed by atoms with van der Waals surface area (Å²) >= 11 is 0. The van der Waals surface area contributed by atoms with Crippen molar-refractivity contribution in [3.8, 4) is 5.75 Å². The second kappa shape index (κ2) is 9.35. The van der Waals surface area contributed by atoms with E-state index in [1.54, 1.807) is 19.2 Å². The molecule has 1 saturated carbocycles. The van der Waals surface area contributed by atoms with Gasteiger partial charge in [-0.1, -0.05) is 12.1 Å².